The largest absolute Gasteiger partial charge is 0.388 e. The Morgan fingerprint density at radius 3 is 2.00 bits per heavy atom. The van der Waals surface area contributed by atoms with Crippen LogP contribution in [0.3, 0.4) is 0 Å². The van der Waals surface area contributed by atoms with E-state index in [4.69, 9.17) is 37.9 Å². The molecule has 0 saturated carbocycles. The van der Waals surface area contributed by atoms with E-state index in [1.54, 1.807) is 13.8 Å². The van der Waals surface area contributed by atoms with Crippen LogP contribution in [0, 0.1) is 0 Å². The van der Waals surface area contributed by atoms with Gasteiger partial charge in [-0.25, -0.2) is 0 Å². The average molecular weight is 384 g/mol. The number of aliphatic hydroxyl groups is 1. The number of methoxy groups -OCH3 is 3. The molecule has 5 atom stereocenters. The molecule has 0 aliphatic carbocycles. The molecule has 156 valence electrons. The molecule has 1 N–H and O–H groups in total. The Balaban J connectivity index is 4.46. The molecule has 10 heteroatoms. The van der Waals surface area contributed by atoms with Crippen molar-refractivity contribution >= 4 is 6.29 Å². The molecule has 0 aliphatic rings. The Morgan fingerprint density at radius 1 is 0.885 bits per heavy atom. The van der Waals surface area contributed by atoms with Crippen molar-refractivity contribution in [2.45, 2.75) is 44.6 Å². The van der Waals surface area contributed by atoms with E-state index in [0.717, 1.165) is 0 Å². The zero-order valence-corrected chi connectivity index (χ0v) is 16.1. The molecule has 0 saturated heterocycles. The van der Waals surface area contributed by atoms with Crippen molar-refractivity contribution in [3.05, 3.63) is 0 Å². The predicted molar refractivity (Wildman–Crippen MR) is 89.4 cm³/mol. The van der Waals surface area contributed by atoms with E-state index in [1.807, 2.05) is 0 Å². The second-order valence-corrected chi connectivity index (χ2v) is 5.38. The second kappa shape index (κ2) is 16.5. The van der Waals surface area contributed by atoms with E-state index in [1.165, 1.54) is 21.3 Å². The lowest BCUT2D eigenvalue weighted by molar-refractivity contribution is -0.231. The number of aliphatic hydroxyl groups excluding tert-OH is 1. The molecule has 0 radical (unpaired) electrons. The first-order chi connectivity index (χ1) is 12.5. The Morgan fingerprint density at radius 2 is 1.46 bits per heavy atom. The maximum Gasteiger partial charge on any atom is 0.156 e. The first-order valence-electron chi connectivity index (χ1n) is 8.18. The fourth-order valence-electron chi connectivity index (χ4n) is 1.93. The third-order valence-corrected chi connectivity index (χ3v) is 3.17. The van der Waals surface area contributed by atoms with Crippen LogP contribution in [0.5, 0.6) is 0 Å². The number of rotatable bonds is 18. The summed E-state index contributed by atoms with van der Waals surface area (Å²) >= 11 is 0. The van der Waals surface area contributed by atoms with Crippen molar-refractivity contribution in [3.63, 3.8) is 0 Å². The fourth-order valence-corrected chi connectivity index (χ4v) is 1.93. The minimum absolute atomic E-state index is 0.00567. The van der Waals surface area contributed by atoms with Gasteiger partial charge in [0.2, 0.25) is 0 Å². The van der Waals surface area contributed by atoms with Gasteiger partial charge < -0.3 is 47.8 Å². The molecular formula is C16H32O10. The molecule has 0 unspecified atom stereocenters. The Bertz CT molecular complexity index is 330. The van der Waals surface area contributed by atoms with Crippen LogP contribution in [-0.4, -0.2) is 97.0 Å². The maximum absolute atomic E-state index is 11.1. The topological polar surface area (TPSA) is 111 Å². The van der Waals surface area contributed by atoms with Crippen LogP contribution >= 0.6 is 0 Å². The quantitative estimate of drug-likeness (QED) is 0.195. The van der Waals surface area contributed by atoms with Crippen LogP contribution in [-0.2, 0) is 42.7 Å². The SMILES string of the molecule is COCOC[C@H](O)[C@@H](C=O)O[C@H](C)O[C@@H](C)[C@@H](COCOC)OCOC. The summed E-state index contributed by atoms with van der Waals surface area (Å²) in [5, 5.41) is 9.92. The van der Waals surface area contributed by atoms with E-state index in [2.05, 4.69) is 0 Å². The molecule has 0 aromatic heterocycles. The summed E-state index contributed by atoms with van der Waals surface area (Å²) in [6, 6.07) is 0. The molecule has 0 bridgehead atoms. The predicted octanol–water partition coefficient (Wildman–Crippen LogP) is -0.0874. The number of ether oxygens (including phenoxy) is 8. The van der Waals surface area contributed by atoms with Crippen LogP contribution in [0.15, 0.2) is 0 Å². The highest BCUT2D eigenvalue weighted by Gasteiger charge is 2.26. The molecule has 0 aromatic carbocycles. The Labute approximate surface area is 154 Å². The first-order valence-corrected chi connectivity index (χ1v) is 8.18. The summed E-state index contributed by atoms with van der Waals surface area (Å²) in [5.41, 5.74) is 0. The van der Waals surface area contributed by atoms with Gasteiger partial charge in [-0.3, -0.25) is 0 Å². The van der Waals surface area contributed by atoms with Gasteiger partial charge in [-0.15, -0.1) is 0 Å². The molecule has 26 heavy (non-hydrogen) atoms. The molecule has 0 heterocycles. The fraction of sp³-hybridized carbons (Fsp3) is 0.938. The summed E-state index contributed by atoms with van der Waals surface area (Å²) in [5.74, 6) is 0. The van der Waals surface area contributed by atoms with Crippen molar-refractivity contribution < 1.29 is 47.8 Å². The number of aldehydes is 1. The van der Waals surface area contributed by atoms with Crippen LogP contribution in [0.4, 0.5) is 0 Å². The van der Waals surface area contributed by atoms with Crippen LogP contribution < -0.4 is 0 Å². The van der Waals surface area contributed by atoms with Gasteiger partial charge in [0.1, 0.15) is 38.7 Å². The van der Waals surface area contributed by atoms with E-state index in [-0.39, 0.29) is 33.6 Å². The molecule has 10 nitrogen and oxygen atoms in total. The van der Waals surface area contributed by atoms with Crippen molar-refractivity contribution in [2.24, 2.45) is 0 Å². The van der Waals surface area contributed by atoms with Gasteiger partial charge in [0.25, 0.3) is 0 Å². The molecule has 0 aliphatic heterocycles. The van der Waals surface area contributed by atoms with Crippen molar-refractivity contribution in [2.75, 3.05) is 54.9 Å². The zero-order chi connectivity index (χ0) is 19.8. The van der Waals surface area contributed by atoms with Crippen LogP contribution in [0.2, 0.25) is 0 Å². The van der Waals surface area contributed by atoms with E-state index < -0.39 is 30.7 Å². The lowest BCUT2D eigenvalue weighted by Gasteiger charge is -2.28. The normalized spacial score (nSPS) is 17.5. The minimum Gasteiger partial charge on any atom is -0.388 e. The summed E-state index contributed by atoms with van der Waals surface area (Å²) in [7, 11) is 4.48. The van der Waals surface area contributed by atoms with Crippen LogP contribution in [0.1, 0.15) is 13.8 Å². The lowest BCUT2D eigenvalue weighted by atomic mass is 10.2. The molecule has 0 amide bonds. The summed E-state index contributed by atoms with van der Waals surface area (Å²) in [6.07, 6.45) is -3.42. The third-order valence-electron chi connectivity index (χ3n) is 3.17. The highest BCUT2D eigenvalue weighted by atomic mass is 16.7. The van der Waals surface area contributed by atoms with Crippen molar-refractivity contribution in [3.8, 4) is 0 Å². The monoisotopic (exact) mass is 384 g/mol. The third kappa shape index (κ3) is 11.8. The minimum atomic E-state index is -1.14. The summed E-state index contributed by atoms with van der Waals surface area (Å²) < 4.78 is 41.4. The molecular weight excluding hydrogens is 352 g/mol. The average Bonchev–Trinajstić information content (AvgIpc) is 2.62. The zero-order valence-electron chi connectivity index (χ0n) is 16.1. The Hall–Kier alpha value is -0.690. The van der Waals surface area contributed by atoms with Gasteiger partial charge in [-0.1, -0.05) is 0 Å². The van der Waals surface area contributed by atoms with Gasteiger partial charge in [-0.05, 0) is 13.8 Å². The molecule has 0 spiro atoms. The van der Waals surface area contributed by atoms with Gasteiger partial charge in [0.05, 0.1) is 19.3 Å². The highest BCUT2D eigenvalue weighted by molar-refractivity contribution is 5.57. The van der Waals surface area contributed by atoms with Gasteiger partial charge in [-0.2, -0.15) is 0 Å². The maximum atomic E-state index is 11.1. The molecule has 0 fully saturated rings. The van der Waals surface area contributed by atoms with E-state index >= 15 is 0 Å². The summed E-state index contributed by atoms with van der Waals surface area (Å²) in [6.45, 7) is 3.68. The van der Waals surface area contributed by atoms with Gasteiger partial charge in [0, 0.05) is 21.3 Å². The van der Waals surface area contributed by atoms with E-state index in [9.17, 15) is 9.90 Å². The molecule has 0 aromatic rings. The van der Waals surface area contributed by atoms with E-state index in [0.29, 0.717) is 6.29 Å². The Kier molecular flexibility index (Phi) is 16.0. The second-order valence-electron chi connectivity index (χ2n) is 5.38. The number of carbonyl (C=O) groups is 1. The smallest absolute Gasteiger partial charge is 0.156 e. The van der Waals surface area contributed by atoms with Crippen molar-refractivity contribution in [1.82, 2.24) is 0 Å². The first kappa shape index (κ1) is 25.3. The molecule has 0 rings (SSSR count). The lowest BCUT2D eigenvalue weighted by Crippen LogP contribution is -2.41. The number of hydrogen-bond donors (Lipinski definition) is 1. The summed E-state index contributed by atoms with van der Waals surface area (Å²) in [4.78, 5) is 11.1. The van der Waals surface area contributed by atoms with Gasteiger partial charge in [0.15, 0.2) is 12.6 Å². The van der Waals surface area contributed by atoms with Gasteiger partial charge >= 0.3 is 0 Å². The number of hydrogen-bond acceptors (Lipinski definition) is 10. The van der Waals surface area contributed by atoms with Crippen molar-refractivity contribution in [1.29, 1.82) is 0 Å². The van der Waals surface area contributed by atoms with Crippen LogP contribution in [0.25, 0.3) is 0 Å². The highest BCUT2D eigenvalue weighted by Crippen LogP contribution is 2.11. The number of carbonyl (C=O) groups excluding carboxylic acids is 1. The standard InChI is InChI=1S/C16H32O10/c1-12(16(24-11-21-5)8-23-10-20-4)25-13(2)26-15(6-17)14(18)7-22-9-19-3/h6,12-16,18H,7-11H2,1-5H3/t12-,13+,14-,15+,16+/m0/s1.